The normalized spacial score (nSPS) is 10.2. The molecule has 0 aromatic heterocycles. The molecule has 0 saturated heterocycles. The van der Waals surface area contributed by atoms with Gasteiger partial charge in [-0.25, -0.2) is 4.79 Å². The monoisotopic (exact) mass is 354 g/mol. The first-order valence-corrected chi connectivity index (χ1v) is 9.03. The molecule has 0 unspecified atom stereocenters. The molecule has 5 nitrogen and oxygen atoms in total. The molecule has 2 rings (SSSR count). The first-order valence-electron chi connectivity index (χ1n) is 9.03. The van der Waals surface area contributed by atoms with Gasteiger partial charge in [0, 0.05) is 18.7 Å². The van der Waals surface area contributed by atoms with E-state index in [2.05, 4.69) is 10.6 Å². The van der Waals surface area contributed by atoms with E-state index in [-0.39, 0.29) is 18.6 Å². The van der Waals surface area contributed by atoms with Crippen molar-refractivity contribution in [3.63, 3.8) is 0 Å². The van der Waals surface area contributed by atoms with Crippen LogP contribution in [0.2, 0.25) is 0 Å². The molecule has 2 amide bonds. The summed E-state index contributed by atoms with van der Waals surface area (Å²) in [5.41, 5.74) is 1.66. The predicted molar refractivity (Wildman–Crippen MR) is 102 cm³/mol. The van der Waals surface area contributed by atoms with E-state index >= 15 is 0 Å². The molecular weight excluding hydrogens is 328 g/mol. The molecule has 26 heavy (non-hydrogen) atoms. The van der Waals surface area contributed by atoms with E-state index in [1.807, 2.05) is 48.5 Å². The van der Waals surface area contributed by atoms with Crippen LogP contribution in [0.1, 0.15) is 41.6 Å². The van der Waals surface area contributed by atoms with Gasteiger partial charge in [0.1, 0.15) is 6.61 Å². The summed E-state index contributed by atoms with van der Waals surface area (Å²) < 4.78 is 5.14. The summed E-state index contributed by atoms with van der Waals surface area (Å²) in [6, 6.07) is 18.8. The van der Waals surface area contributed by atoms with Gasteiger partial charge in [0.15, 0.2) is 0 Å². The number of nitrogens with one attached hydrogen (secondary N) is 2. The topological polar surface area (TPSA) is 67.4 Å². The van der Waals surface area contributed by atoms with Crippen molar-refractivity contribution in [3.8, 4) is 0 Å². The predicted octanol–water partition coefficient (Wildman–Crippen LogP) is 3.90. The van der Waals surface area contributed by atoms with Gasteiger partial charge in [-0.3, -0.25) is 4.79 Å². The summed E-state index contributed by atoms with van der Waals surface area (Å²) in [6.45, 7) is 1.55. The summed E-state index contributed by atoms with van der Waals surface area (Å²) in [5.74, 6) is -0.0339. The van der Waals surface area contributed by atoms with Crippen molar-refractivity contribution in [1.29, 1.82) is 0 Å². The quantitative estimate of drug-likeness (QED) is 0.636. The maximum Gasteiger partial charge on any atom is 0.407 e. The zero-order chi connectivity index (χ0) is 18.5. The fourth-order valence-electron chi connectivity index (χ4n) is 2.46. The molecule has 0 spiro atoms. The molecule has 0 fully saturated rings. The van der Waals surface area contributed by atoms with Crippen molar-refractivity contribution >= 4 is 12.0 Å². The minimum absolute atomic E-state index is 0.0339. The Kier molecular flexibility index (Phi) is 8.77. The van der Waals surface area contributed by atoms with E-state index in [0.29, 0.717) is 18.7 Å². The third-order valence-electron chi connectivity index (χ3n) is 3.91. The van der Waals surface area contributed by atoms with Gasteiger partial charge in [0.2, 0.25) is 0 Å². The minimum atomic E-state index is -0.385. The molecule has 0 aliphatic heterocycles. The maximum atomic E-state index is 11.8. The van der Waals surface area contributed by atoms with Crippen LogP contribution in [0, 0.1) is 0 Å². The lowest BCUT2D eigenvalue weighted by atomic mass is 10.2. The van der Waals surface area contributed by atoms with E-state index in [1.165, 1.54) is 0 Å². The van der Waals surface area contributed by atoms with Gasteiger partial charge < -0.3 is 15.4 Å². The lowest BCUT2D eigenvalue weighted by molar-refractivity contribution is 0.0952. The molecule has 0 aliphatic carbocycles. The van der Waals surface area contributed by atoms with Gasteiger partial charge in [0.25, 0.3) is 5.91 Å². The molecular formula is C21H26N2O3. The van der Waals surface area contributed by atoms with Crippen LogP contribution >= 0.6 is 0 Å². The van der Waals surface area contributed by atoms with E-state index in [0.717, 1.165) is 31.2 Å². The van der Waals surface area contributed by atoms with Crippen molar-refractivity contribution in [3.05, 3.63) is 71.8 Å². The summed E-state index contributed by atoms with van der Waals surface area (Å²) in [5, 5.41) is 5.66. The van der Waals surface area contributed by atoms with Gasteiger partial charge >= 0.3 is 6.09 Å². The SMILES string of the molecule is O=C(NCCCCCCNC(=O)c1ccccc1)OCc1ccccc1. The van der Waals surface area contributed by atoms with E-state index in [9.17, 15) is 9.59 Å². The highest BCUT2D eigenvalue weighted by Crippen LogP contribution is 2.02. The molecule has 0 aliphatic rings. The van der Waals surface area contributed by atoms with Gasteiger partial charge in [-0.05, 0) is 30.5 Å². The van der Waals surface area contributed by atoms with Crippen LogP contribution < -0.4 is 10.6 Å². The zero-order valence-corrected chi connectivity index (χ0v) is 14.9. The van der Waals surface area contributed by atoms with Crippen molar-refractivity contribution in [2.24, 2.45) is 0 Å². The van der Waals surface area contributed by atoms with Crippen LogP contribution in [0.3, 0.4) is 0 Å². The first-order chi connectivity index (χ1) is 12.8. The van der Waals surface area contributed by atoms with Crippen LogP contribution in [0.4, 0.5) is 4.79 Å². The Labute approximate surface area is 154 Å². The highest BCUT2D eigenvalue weighted by molar-refractivity contribution is 5.94. The molecule has 0 radical (unpaired) electrons. The zero-order valence-electron chi connectivity index (χ0n) is 14.9. The van der Waals surface area contributed by atoms with E-state index < -0.39 is 0 Å². The Bertz CT molecular complexity index is 659. The largest absolute Gasteiger partial charge is 0.445 e. The van der Waals surface area contributed by atoms with Crippen LogP contribution in [-0.4, -0.2) is 25.1 Å². The number of hydrogen-bond acceptors (Lipinski definition) is 3. The fourth-order valence-corrected chi connectivity index (χ4v) is 2.46. The van der Waals surface area contributed by atoms with E-state index in [1.54, 1.807) is 12.1 Å². The lowest BCUT2D eigenvalue weighted by Gasteiger charge is -2.07. The standard InChI is InChI=1S/C21H26N2O3/c24-20(19-13-7-4-8-14-19)22-15-9-1-2-10-16-23-21(25)26-17-18-11-5-3-6-12-18/h3-8,11-14H,1-2,9-10,15-17H2,(H,22,24)(H,23,25). The highest BCUT2D eigenvalue weighted by atomic mass is 16.5. The van der Waals surface area contributed by atoms with Crippen LogP contribution in [0.25, 0.3) is 0 Å². The number of unbranched alkanes of at least 4 members (excludes halogenated alkanes) is 3. The molecule has 0 saturated carbocycles. The Morgan fingerprint density at radius 2 is 1.31 bits per heavy atom. The lowest BCUT2D eigenvalue weighted by Crippen LogP contribution is -2.25. The minimum Gasteiger partial charge on any atom is -0.445 e. The van der Waals surface area contributed by atoms with Crippen LogP contribution in [0.15, 0.2) is 60.7 Å². The fraction of sp³-hybridized carbons (Fsp3) is 0.333. The molecule has 0 bridgehead atoms. The molecule has 138 valence electrons. The number of ether oxygens (including phenoxy) is 1. The van der Waals surface area contributed by atoms with Crippen LogP contribution in [-0.2, 0) is 11.3 Å². The highest BCUT2D eigenvalue weighted by Gasteiger charge is 2.03. The smallest absolute Gasteiger partial charge is 0.407 e. The van der Waals surface area contributed by atoms with Crippen molar-refractivity contribution < 1.29 is 14.3 Å². The average Bonchev–Trinajstić information content (AvgIpc) is 2.69. The number of hydrogen-bond donors (Lipinski definition) is 2. The van der Waals surface area contributed by atoms with Crippen LogP contribution in [0.5, 0.6) is 0 Å². The Morgan fingerprint density at radius 3 is 1.96 bits per heavy atom. The van der Waals surface area contributed by atoms with Crippen molar-refractivity contribution in [2.45, 2.75) is 32.3 Å². The van der Waals surface area contributed by atoms with Crippen molar-refractivity contribution in [2.75, 3.05) is 13.1 Å². The Hall–Kier alpha value is -2.82. The third-order valence-corrected chi connectivity index (χ3v) is 3.91. The van der Waals surface area contributed by atoms with Gasteiger partial charge in [-0.2, -0.15) is 0 Å². The Morgan fingerprint density at radius 1 is 0.731 bits per heavy atom. The molecule has 0 heterocycles. The average molecular weight is 354 g/mol. The number of amides is 2. The van der Waals surface area contributed by atoms with Crippen molar-refractivity contribution in [1.82, 2.24) is 10.6 Å². The number of alkyl carbamates (subject to hydrolysis) is 1. The molecule has 2 N–H and O–H groups in total. The second-order valence-electron chi connectivity index (χ2n) is 6.02. The van der Waals surface area contributed by atoms with Gasteiger partial charge in [-0.1, -0.05) is 61.4 Å². The Balaban J connectivity index is 1.43. The second-order valence-corrected chi connectivity index (χ2v) is 6.02. The third kappa shape index (κ3) is 7.83. The summed E-state index contributed by atoms with van der Waals surface area (Å²) in [4.78, 5) is 23.4. The van der Waals surface area contributed by atoms with Gasteiger partial charge in [0.05, 0.1) is 0 Å². The molecule has 0 atom stereocenters. The molecule has 5 heteroatoms. The van der Waals surface area contributed by atoms with Gasteiger partial charge in [-0.15, -0.1) is 0 Å². The van der Waals surface area contributed by atoms with E-state index in [4.69, 9.17) is 4.74 Å². The molecule has 2 aromatic carbocycles. The maximum absolute atomic E-state index is 11.8. The number of benzene rings is 2. The second kappa shape index (κ2) is 11.7. The first kappa shape index (κ1) is 19.5. The summed E-state index contributed by atoms with van der Waals surface area (Å²) >= 11 is 0. The number of rotatable bonds is 10. The summed E-state index contributed by atoms with van der Waals surface area (Å²) in [6.07, 6.45) is 3.45. The number of carbonyl (C=O) groups is 2. The summed E-state index contributed by atoms with van der Waals surface area (Å²) in [7, 11) is 0. The molecule has 2 aromatic rings. The number of carbonyl (C=O) groups excluding carboxylic acids is 2.